The number of fused-ring (bicyclic) bond motifs is 1. The van der Waals surface area contributed by atoms with E-state index in [-0.39, 0.29) is 18.2 Å². The first-order valence-corrected chi connectivity index (χ1v) is 9.64. The predicted octanol–water partition coefficient (Wildman–Crippen LogP) is 3.38. The molecule has 0 radical (unpaired) electrons. The maximum absolute atomic E-state index is 12.8. The number of nitrogens with zero attached hydrogens (tertiary/aromatic N) is 1. The van der Waals surface area contributed by atoms with Crippen LogP contribution in [0.1, 0.15) is 18.4 Å². The van der Waals surface area contributed by atoms with Gasteiger partial charge in [0.15, 0.2) is 0 Å². The molecule has 0 bridgehead atoms. The van der Waals surface area contributed by atoms with Crippen LogP contribution in [0.2, 0.25) is 0 Å². The van der Waals surface area contributed by atoms with E-state index in [9.17, 15) is 12.8 Å². The lowest BCUT2D eigenvalue weighted by atomic mass is 10.0. The first-order valence-electron chi connectivity index (χ1n) is 8.03. The number of halogens is 1. The summed E-state index contributed by atoms with van der Waals surface area (Å²) in [5, 5.41) is 0. The Morgan fingerprint density at radius 3 is 2.62 bits per heavy atom. The fourth-order valence-electron chi connectivity index (χ4n) is 2.86. The van der Waals surface area contributed by atoms with E-state index in [1.165, 1.54) is 28.6 Å². The van der Waals surface area contributed by atoms with Crippen molar-refractivity contribution in [3.63, 3.8) is 0 Å². The molecule has 0 fully saturated rings. The third-order valence-electron chi connectivity index (χ3n) is 4.03. The molecule has 2 aromatic carbocycles. The summed E-state index contributed by atoms with van der Waals surface area (Å²) < 4.78 is 45.0. The molecule has 0 saturated carbocycles. The highest BCUT2D eigenvalue weighted by molar-refractivity contribution is 7.92. The number of aryl methyl sites for hydroxylation is 1. The van der Waals surface area contributed by atoms with Crippen molar-refractivity contribution in [2.24, 2.45) is 0 Å². The van der Waals surface area contributed by atoms with Crippen molar-refractivity contribution < 1.29 is 17.5 Å². The van der Waals surface area contributed by atoms with Gasteiger partial charge in [0.25, 0.3) is 0 Å². The van der Waals surface area contributed by atoms with Gasteiger partial charge in [-0.25, -0.2) is 12.8 Å². The molecule has 0 atom stereocenters. The van der Waals surface area contributed by atoms with Crippen LogP contribution >= 0.6 is 0 Å². The molecule has 2 aromatic rings. The van der Waals surface area contributed by atoms with E-state index in [4.69, 9.17) is 4.74 Å². The quantitative estimate of drug-likeness (QED) is 0.751. The number of sulfonamides is 1. The van der Waals surface area contributed by atoms with Crippen LogP contribution in [0.3, 0.4) is 0 Å². The molecule has 128 valence electrons. The number of para-hydroxylation sites is 1. The Labute approximate surface area is 141 Å². The van der Waals surface area contributed by atoms with Gasteiger partial charge in [0.2, 0.25) is 10.0 Å². The fraction of sp³-hybridized carbons (Fsp3) is 0.333. The van der Waals surface area contributed by atoms with Crippen LogP contribution in [0.4, 0.5) is 10.1 Å². The van der Waals surface area contributed by atoms with Gasteiger partial charge < -0.3 is 4.74 Å². The third kappa shape index (κ3) is 3.87. The van der Waals surface area contributed by atoms with E-state index in [0.29, 0.717) is 18.7 Å². The van der Waals surface area contributed by atoms with E-state index >= 15 is 0 Å². The number of hydrogen-bond donors (Lipinski definition) is 0. The number of ether oxygens (including phenoxy) is 1. The Kier molecular flexibility index (Phi) is 5.04. The molecule has 24 heavy (non-hydrogen) atoms. The van der Waals surface area contributed by atoms with Crippen molar-refractivity contribution in [2.45, 2.75) is 19.3 Å². The molecule has 0 aromatic heterocycles. The molecular weight excluding hydrogens is 329 g/mol. The summed E-state index contributed by atoms with van der Waals surface area (Å²) in [6.07, 6.45) is 2.14. The van der Waals surface area contributed by atoms with Gasteiger partial charge >= 0.3 is 0 Å². The van der Waals surface area contributed by atoms with Gasteiger partial charge in [-0.05, 0) is 55.2 Å². The average Bonchev–Trinajstić information content (AvgIpc) is 2.60. The van der Waals surface area contributed by atoms with E-state index in [0.717, 1.165) is 24.1 Å². The third-order valence-corrected chi connectivity index (χ3v) is 5.89. The standard InChI is InChI=1S/C18H20FNO3S/c19-16-8-10-17(11-9-16)23-13-4-14-24(21,22)20-12-3-6-15-5-1-2-7-18(15)20/h1-2,5,7-11H,3-4,6,12-14H2. The van der Waals surface area contributed by atoms with E-state index in [1.54, 1.807) is 0 Å². The average molecular weight is 349 g/mol. The highest BCUT2D eigenvalue weighted by atomic mass is 32.2. The molecular formula is C18H20FNO3S. The number of rotatable bonds is 6. The molecule has 0 saturated heterocycles. The smallest absolute Gasteiger partial charge is 0.235 e. The molecule has 1 heterocycles. The van der Waals surface area contributed by atoms with Gasteiger partial charge in [-0.15, -0.1) is 0 Å². The lowest BCUT2D eigenvalue weighted by Crippen LogP contribution is -2.37. The van der Waals surface area contributed by atoms with Crippen molar-refractivity contribution in [3.8, 4) is 5.75 Å². The molecule has 0 unspecified atom stereocenters. The minimum Gasteiger partial charge on any atom is -0.494 e. The summed E-state index contributed by atoms with van der Waals surface area (Å²) in [7, 11) is -3.36. The largest absolute Gasteiger partial charge is 0.494 e. The highest BCUT2D eigenvalue weighted by Crippen LogP contribution is 2.29. The minimum absolute atomic E-state index is 0.0303. The lowest BCUT2D eigenvalue weighted by Gasteiger charge is -2.30. The lowest BCUT2D eigenvalue weighted by molar-refractivity contribution is 0.317. The monoisotopic (exact) mass is 349 g/mol. The first kappa shape index (κ1) is 16.8. The summed E-state index contributed by atoms with van der Waals surface area (Å²) in [5.41, 5.74) is 1.87. The summed E-state index contributed by atoms with van der Waals surface area (Å²) in [6, 6.07) is 13.3. The zero-order chi connectivity index (χ0) is 17.0. The van der Waals surface area contributed by atoms with Crippen molar-refractivity contribution >= 4 is 15.7 Å². The first-order chi connectivity index (χ1) is 11.6. The van der Waals surface area contributed by atoms with Gasteiger partial charge in [0.05, 0.1) is 18.0 Å². The van der Waals surface area contributed by atoms with Crippen molar-refractivity contribution in [3.05, 3.63) is 59.9 Å². The van der Waals surface area contributed by atoms with Crippen LogP contribution in [0.25, 0.3) is 0 Å². The summed E-state index contributed by atoms with van der Waals surface area (Å²) >= 11 is 0. The Morgan fingerprint density at radius 1 is 1.08 bits per heavy atom. The molecule has 0 amide bonds. The van der Waals surface area contributed by atoms with Crippen LogP contribution in [0.5, 0.6) is 5.75 Å². The second-order valence-corrected chi connectivity index (χ2v) is 7.79. The molecule has 6 heteroatoms. The van der Waals surface area contributed by atoms with Crippen LogP contribution in [0.15, 0.2) is 48.5 Å². The van der Waals surface area contributed by atoms with E-state index < -0.39 is 10.0 Å². The van der Waals surface area contributed by atoms with Crippen molar-refractivity contribution in [2.75, 3.05) is 23.2 Å². The number of benzene rings is 2. The van der Waals surface area contributed by atoms with Gasteiger partial charge in [-0.2, -0.15) is 0 Å². The molecule has 1 aliphatic heterocycles. The predicted molar refractivity (Wildman–Crippen MR) is 92.4 cm³/mol. The zero-order valence-electron chi connectivity index (χ0n) is 13.3. The maximum atomic E-state index is 12.8. The fourth-order valence-corrected chi connectivity index (χ4v) is 4.45. The van der Waals surface area contributed by atoms with E-state index in [2.05, 4.69) is 0 Å². The maximum Gasteiger partial charge on any atom is 0.235 e. The summed E-state index contributed by atoms with van der Waals surface area (Å²) in [6.45, 7) is 0.804. The molecule has 0 spiro atoms. The van der Waals surface area contributed by atoms with E-state index in [1.807, 2.05) is 24.3 Å². The topological polar surface area (TPSA) is 46.6 Å². The molecule has 4 nitrogen and oxygen atoms in total. The van der Waals surface area contributed by atoms with Crippen LogP contribution in [-0.2, 0) is 16.4 Å². The van der Waals surface area contributed by atoms with Crippen LogP contribution in [0, 0.1) is 5.82 Å². The Bertz CT molecular complexity index is 790. The van der Waals surface area contributed by atoms with Gasteiger partial charge in [0, 0.05) is 6.54 Å². The number of hydrogen-bond acceptors (Lipinski definition) is 3. The van der Waals surface area contributed by atoms with Crippen LogP contribution in [-0.4, -0.2) is 27.3 Å². The van der Waals surface area contributed by atoms with Gasteiger partial charge in [-0.3, -0.25) is 4.31 Å². The highest BCUT2D eigenvalue weighted by Gasteiger charge is 2.26. The SMILES string of the molecule is O=S(=O)(CCCOc1ccc(F)cc1)N1CCCc2ccccc21. The number of anilines is 1. The van der Waals surface area contributed by atoms with Crippen molar-refractivity contribution in [1.29, 1.82) is 0 Å². The second kappa shape index (κ2) is 7.21. The molecule has 1 aliphatic rings. The zero-order valence-corrected chi connectivity index (χ0v) is 14.1. The van der Waals surface area contributed by atoms with Crippen LogP contribution < -0.4 is 9.04 Å². The Hall–Kier alpha value is -2.08. The second-order valence-electron chi connectivity index (χ2n) is 5.78. The minimum atomic E-state index is -3.36. The molecule has 0 N–H and O–H groups in total. The van der Waals surface area contributed by atoms with Crippen molar-refractivity contribution in [1.82, 2.24) is 0 Å². The molecule has 0 aliphatic carbocycles. The molecule has 3 rings (SSSR count). The Balaban J connectivity index is 1.58. The summed E-state index contributed by atoms with van der Waals surface area (Å²) in [4.78, 5) is 0. The van der Waals surface area contributed by atoms with Gasteiger partial charge in [-0.1, -0.05) is 18.2 Å². The summed E-state index contributed by atoms with van der Waals surface area (Å²) in [5.74, 6) is 0.244. The van der Waals surface area contributed by atoms with Gasteiger partial charge in [0.1, 0.15) is 11.6 Å². The normalized spacial score (nSPS) is 14.3. The Morgan fingerprint density at radius 2 is 1.83 bits per heavy atom.